The molecule has 0 saturated heterocycles. The Balaban J connectivity index is 1.57. The fourth-order valence-corrected chi connectivity index (χ4v) is 2.53. The Labute approximate surface area is 147 Å². The molecule has 1 unspecified atom stereocenters. The fraction of sp³-hybridized carbons (Fsp3) is 0.278. The van der Waals surface area contributed by atoms with Crippen molar-refractivity contribution in [1.29, 1.82) is 0 Å². The van der Waals surface area contributed by atoms with Gasteiger partial charge in [0, 0.05) is 18.7 Å². The maximum atomic E-state index is 13.5. The Hall–Kier alpha value is -2.45. The Morgan fingerprint density at radius 1 is 1.08 bits per heavy atom. The van der Waals surface area contributed by atoms with Crippen LogP contribution in [0.1, 0.15) is 23.1 Å². The van der Waals surface area contributed by atoms with E-state index in [0.29, 0.717) is 24.2 Å². The summed E-state index contributed by atoms with van der Waals surface area (Å²) in [4.78, 5) is 4.20. The van der Waals surface area contributed by atoms with Gasteiger partial charge in [-0.2, -0.15) is 13.2 Å². The predicted molar refractivity (Wildman–Crippen MR) is 86.6 cm³/mol. The smallest absolute Gasteiger partial charge is 0.350 e. The van der Waals surface area contributed by atoms with E-state index in [0.717, 1.165) is 5.56 Å². The van der Waals surface area contributed by atoms with Gasteiger partial charge in [-0.3, -0.25) is 0 Å². The third-order valence-corrected chi connectivity index (χ3v) is 4.05. The SMILES string of the molecule is OC1(C(F)(F)F)CC(c2ccc(CNCc3ccccc3F)cc2)=NO1. The zero-order valence-electron chi connectivity index (χ0n) is 13.6. The van der Waals surface area contributed by atoms with E-state index in [9.17, 15) is 22.7 Å². The van der Waals surface area contributed by atoms with Crippen LogP contribution >= 0.6 is 0 Å². The topological polar surface area (TPSA) is 53.8 Å². The summed E-state index contributed by atoms with van der Waals surface area (Å²) in [6.07, 6.45) is -5.68. The highest BCUT2D eigenvalue weighted by atomic mass is 19.4. The molecule has 3 rings (SSSR count). The molecule has 0 aliphatic carbocycles. The molecule has 2 aromatic carbocycles. The van der Waals surface area contributed by atoms with E-state index < -0.39 is 18.4 Å². The molecule has 1 atom stereocenters. The van der Waals surface area contributed by atoms with Crippen LogP contribution in [-0.4, -0.2) is 22.8 Å². The molecule has 0 amide bonds. The standard InChI is InChI=1S/C18H16F4N2O2/c19-15-4-2-1-3-14(15)11-23-10-12-5-7-13(8-6-12)16-9-17(25,26-24-16)18(20,21)22/h1-8,23,25H,9-11H2. The van der Waals surface area contributed by atoms with E-state index in [1.54, 1.807) is 42.5 Å². The van der Waals surface area contributed by atoms with E-state index >= 15 is 0 Å². The van der Waals surface area contributed by atoms with Crippen LogP contribution in [0.4, 0.5) is 17.6 Å². The largest absolute Gasteiger partial charge is 0.458 e. The number of hydrogen-bond acceptors (Lipinski definition) is 4. The highest BCUT2D eigenvalue weighted by molar-refractivity contribution is 6.01. The van der Waals surface area contributed by atoms with Gasteiger partial charge in [0.2, 0.25) is 0 Å². The van der Waals surface area contributed by atoms with Crippen molar-refractivity contribution < 1.29 is 27.5 Å². The summed E-state index contributed by atoms with van der Waals surface area (Å²) in [5.74, 6) is -3.56. The average Bonchev–Trinajstić information content (AvgIpc) is 3.01. The molecule has 2 aromatic rings. The third-order valence-electron chi connectivity index (χ3n) is 4.05. The monoisotopic (exact) mass is 368 g/mol. The average molecular weight is 368 g/mol. The number of halogens is 4. The maximum Gasteiger partial charge on any atom is 0.458 e. The molecular formula is C18H16F4N2O2. The van der Waals surface area contributed by atoms with Crippen LogP contribution in [-0.2, 0) is 17.9 Å². The van der Waals surface area contributed by atoms with Gasteiger partial charge in [0.25, 0.3) is 0 Å². The molecule has 0 saturated carbocycles. The Bertz CT molecular complexity index is 806. The summed E-state index contributed by atoms with van der Waals surface area (Å²) in [6.45, 7) is 0.817. The summed E-state index contributed by atoms with van der Waals surface area (Å²) < 4.78 is 51.7. The molecule has 1 aliphatic rings. The second kappa shape index (κ2) is 7.05. The number of benzene rings is 2. The normalized spacial score (nSPS) is 20.0. The minimum atomic E-state index is -4.92. The summed E-state index contributed by atoms with van der Waals surface area (Å²) in [6, 6.07) is 13.1. The molecule has 1 aliphatic heterocycles. The molecule has 0 bridgehead atoms. The van der Waals surface area contributed by atoms with Crippen molar-refractivity contribution in [1.82, 2.24) is 5.32 Å². The van der Waals surface area contributed by atoms with Crippen molar-refractivity contribution in [3.05, 3.63) is 71.0 Å². The van der Waals surface area contributed by atoms with Crippen molar-refractivity contribution >= 4 is 5.71 Å². The van der Waals surface area contributed by atoms with Crippen LogP contribution in [0, 0.1) is 5.82 Å². The fourth-order valence-electron chi connectivity index (χ4n) is 2.53. The molecule has 2 N–H and O–H groups in total. The highest BCUT2D eigenvalue weighted by Crippen LogP contribution is 2.38. The van der Waals surface area contributed by atoms with Crippen LogP contribution in [0.15, 0.2) is 53.7 Å². The summed E-state index contributed by atoms with van der Waals surface area (Å²) in [5, 5.41) is 15.9. The highest BCUT2D eigenvalue weighted by Gasteiger charge is 2.60. The minimum Gasteiger partial charge on any atom is -0.350 e. The van der Waals surface area contributed by atoms with Crippen molar-refractivity contribution in [2.75, 3.05) is 0 Å². The number of aliphatic hydroxyl groups is 1. The first-order valence-corrected chi connectivity index (χ1v) is 7.86. The number of nitrogens with zero attached hydrogens (tertiary/aromatic N) is 1. The second-order valence-electron chi connectivity index (χ2n) is 5.98. The van der Waals surface area contributed by atoms with E-state index in [2.05, 4.69) is 15.3 Å². The van der Waals surface area contributed by atoms with Crippen molar-refractivity contribution in [3.63, 3.8) is 0 Å². The number of nitrogens with one attached hydrogen (secondary N) is 1. The van der Waals surface area contributed by atoms with E-state index in [1.165, 1.54) is 6.07 Å². The summed E-state index contributed by atoms with van der Waals surface area (Å²) >= 11 is 0. The first kappa shape index (κ1) is 18.3. The predicted octanol–water partition coefficient (Wildman–Crippen LogP) is 3.49. The molecule has 26 heavy (non-hydrogen) atoms. The van der Waals surface area contributed by atoms with Gasteiger partial charge in [-0.25, -0.2) is 4.39 Å². The molecule has 0 aromatic heterocycles. The van der Waals surface area contributed by atoms with Crippen LogP contribution in [0.3, 0.4) is 0 Å². The molecule has 0 spiro atoms. The lowest BCUT2D eigenvalue weighted by Crippen LogP contribution is -2.45. The van der Waals surface area contributed by atoms with E-state index in [-0.39, 0.29) is 11.5 Å². The Kier molecular flexibility index (Phi) is 4.97. The second-order valence-corrected chi connectivity index (χ2v) is 5.98. The number of oxime groups is 1. The first-order valence-electron chi connectivity index (χ1n) is 7.86. The molecular weight excluding hydrogens is 352 g/mol. The molecule has 138 valence electrons. The third kappa shape index (κ3) is 3.86. The molecule has 0 radical (unpaired) electrons. The molecule has 1 heterocycles. The van der Waals surface area contributed by atoms with E-state index in [1.807, 2.05) is 0 Å². The lowest BCUT2D eigenvalue weighted by molar-refractivity contribution is -0.355. The van der Waals surface area contributed by atoms with Gasteiger partial charge >= 0.3 is 12.0 Å². The Morgan fingerprint density at radius 2 is 1.77 bits per heavy atom. The number of hydrogen-bond donors (Lipinski definition) is 2. The first-order chi connectivity index (χ1) is 12.3. The Morgan fingerprint density at radius 3 is 2.38 bits per heavy atom. The zero-order chi connectivity index (χ0) is 18.8. The van der Waals surface area contributed by atoms with Gasteiger partial charge in [-0.15, -0.1) is 0 Å². The lowest BCUT2D eigenvalue weighted by Gasteiger charge is -2.22. The molecule has 4 nitrogen and oxygen atoms in total. The van der Waals surface area contributed by atoms with Gasteiger partial charge in [0.05, 0.1) is 12.1 Å². The van der Waals surface area contributed by atoms with Gasteiger partial charge < -0.3 is 15.3 Å². The van der Waals surface area contributed by atoms with Crippen molar-refractivity contribution in [3.8, 4) is 0 Å². The van der Waals surface area contributed by atoms with Gasteiger partial charge in [0.1, 0.15) is 5.82 Å². The van der Waals surface area contributed by atoms with Gasteiger partial charge in [-0.05, 0) is 17.2 Å². The van der Waals surface area contributed by atoms with Gasteiger partial charge in [-0.1, -0.05) is 47.6 Å². The molecule has 0 fully saturated rings. The van der Waals surface area contributed by atoms with Crippen LogP contribution in [0.25, 0.3) is 0 Å². The maximum absolute atomic E-state index is 13.5. The van der Waals surface area contributed by atoms with Crippen LogP contribution < -0.4 is 5.32 Å². The van der Waals surface area contributed by atoms with Crippen LogP contribution in [0.2, 0.25) is 0 Å². The number of alkyl halides is 3. The lowest BCUT2D eigenvalue weighted by atomic mass is 10.0. The van der Waals surface area contributed by atoms with Crippen LogP contribution in [0.5, 0.6) is 0 Å². The van der Waals surface area contributed by atoms with Crippen molar-refractivity contribution in [2.45, 2.75) is 31.5 Å². The molecule has 8 heteroatoms. The zero-order valence-corrected chi connectivity index (χ0v) is 13.6. The number of rotatable bonds is 5. The van der Waals surface area contributed by atoms with E-state index in [4.69, 9.17) is 0 Å². The minimum absolute atomic E-state index is 0.0238. The quantitative estimate of drug-likeness (QED) is 0.795. The van der Waals surface area contributed by atoms with Gasteiger partial charge in [0.15, 0.2) is 0 Å². The summed E-state index contributed by atoms with van der Waals surface area (Å²) in [5.41, 5.74) is 1.88. The summed E-state index contributed by atoms with van der Waals surface area (Å²) in [7, 11) is 0. The van der Waals surface area contributed by atoms with Crippen molar-refractivity contribution in [2.24, 2.45) is 5.16 Å².